The van der Waals surface area contributed by atoms with Crippen molar-refractivity contribution >= 4 is 11.8 Å². The second-order valence-corrected chi connectivity index (χ2v) is 14.9. The number of hydrogen-bond donors (Lipinski definition) is 1. The Morgan fingerprint density at radius 1 is 0.592 bits per heavy atom. The number of nitrogens with zero attached hydrogens (tertiary/aromatic N) is 1. The van der Waals surface area contributed by atoms with Crippen LogP contribution in [0.1, 0.15) is 194 Å². The maximum Gasteiger partial charge on any atom is 0.335 e. The van der Waals surface area contributed by atoms with Crippen molar-refractivity contribution in [2.45, 2.75) is 174 Å². The Labute approximate surface area is 301 Å². The van der Waals surface area contributed by atoms with E-state index in [9.17, 15) is 14.7 Å². The number of carboxylic acids is 1. The van der Waals surface area contributed by atoms with Gasteiger partial charge in [0.1, 0.15) is 6.54 Å². The van der Waals surface area contributed by atoms with Gasteiger partial charge in [-0.15, -0.1) is 0 Å². The van der Waals surface area contributed by atoms with Crippen molar-refractivity contribution in [3.8, 4) is 5.75 Å². The molecule has 278 valence electrons. The molecule has 0 aliphatic heterocycles. The predicted octanol–water partition coefficient (Wildman–Crippen LogP) is 12.3. The van der Waals surface area contributed by atoms with Crippen LogP contribution in [0.5, 0.6) is 5.75 Å². The summed E-state index contributed by atoms with van der Waals surface area (Å²) in [6.07, 6.45) is 32.2. The quantitative estimate of drug-likeness (QED) is 0.0527. The summed E-state index contributed by atoms with van der Waals surface area (Å²) in [7, 11) is 4.69. The van der Waals surface area contributed by atoms with E-state index in [1.54, 1.807) is 0 Å². The van der Waals surface area contributed by atoms with Gasteiger partial charge in [-0.05, 0) is 31.4 Å². The normalized spacial score (nSPS) is 11.3. The molecule has 0 atom stereocenters. The molecular formula is C44H73NO4. The zero-order valence-electron chi connectivity index (χ0n) is 32.1. The summed E-state index contributed by atoms with van der Waals surface area (Å²) >= 11 is 0. The van der Waals surface area contributed by atoms with Gasteiger partial charge in [0.15, 0.2) is 5.78 Å². The summed E-state index contributed by atoms with van der Waals surface area (Å²) in [5.41, 5.74) is 2.05. The fraction of sp³-hybridized carbons (Fsp3) is 0.682. The van der Waals surface area contributed by atoms with E-state index in [-0.39, 0.29) is 5.56 Å². The molecule has 0 aliphatic rings. The minimum atomic E-state index is -1.18. The van der Waals surface area contributed by atoms with E-state index in [1.165, 1.54) is 178 Å². The largest absolute Gasteiger partial charge is 0.872 e. The van der Waals surface area contributed by atoms with Gasteiger partial charge in [0.05, 0.1) is 26.2 Å². The van der Waals surface area contributed by atoms with Gasteiger partial charge in [-0.1, -0.05) is 184 Å². The first-order valence-electron chi connectivity index (χ1n) is 20.1. The molecule has 2 rings (SSSR count). The van der Waals surface area contributed by atoms with Crippen molar-refractivity contribution in [3.05, 3.63) is 65.2 Å². The van der Waals surface area contributed by atoms with Crippen molar-refractivity contribution in [1.29, 1.82) is 0 Å². The van der Waals surface area contributed by atoms with Crippen LogP contribution in [0.25, 0.3) is 0 Å². The molecule has 2 aromatic rings. The van der Waals surface area contributed by atoms with Crippen LogP contribution < -0.4 is 5.11 Å². The van der Waals surface area contributed by atoms with Gasteiger partial charge in [-0.2, -0.15) is 0 Å². The highest BCUT2D eigenvalue weighted by Crippen LogP contribution is 2.18. The van der Waals surface area contributed by atoms with E-state index in [1.807, 2.05) is 6.07 Å². The number of aromatic carboxylic acids is 1. The van der Waals surface area contributed by atoms with E-state index >= 15 is 0 Å². The fourth-order valence-corrected chi connectivity index (χ4v) is 6.53. The number of rotatable bonds is 29. The minimum absolute atomic E-state index is 0.178. The fourth-order valence-electron chi connectivity index (χ4n) is 6.53. The van der Waals surface area contributed by atoms with Gasteiger partial charge in [-0.3, -0.25) is 4.79 Å². The van der Waals surface area contributed by atoms with Gasteiger partial charge >= 0.3 is 5.97 Å². The molecule has 0 heterocycles. The Hall–Kier alpha value is -2.66. The molecule has 5 nitrogen and oxygen atoms in total. The third-order valence-corrected chi connectivity index (χ3v) is 9.60. The Kier molecular flexibility index (Phi) is 26.4. The number of carbonyl (C=O) groups excluding carboxylic acids is 1. The van der Waals surface area contributed by atoms with Gasteiger partial charge in [0.2, 0.25) is 0 Å². The van der Waals surface area contributed by atoms with Crippen molar-refractivity contribution < 1.29 is 24.3 Å². The number of unbranched alkanes of at least 4 members (excludes halogenated alkanes) is 21. The van der Waals surface area contributed by atoms with Gasteiger partial charge < -0.3 is 14.7 Å². The molecule has 0 amide bonds. The summed E-state index contributed by atoms with van der Waals surface area (Å²) in [5, 5.41) is 19.0. The molecule has 0 aromatic heterocycles. The third-order valence-electron chi connectivity index (χ3n) is 9.60. The molecule has 1 N–H and O–H groups in total. The van der Waals surface area contributed by atoms with Crippen LogP contribution in [0, 0.1) is 0 Å². The molecule has 49 heavy (non-hydrogen) atoms. The summed E-state index contributed by atoms with van der Waals surface area (Å²) in [6.45, 7) is 6.80. The molecular weight excluding hydrogens is 606 g/mol. The number of ketones is 1. The molecule has 0 bridgehead atoms. The van der Waals surface area contributed by atoms with Crippen molar-refractivity contribution in [2.24, 2.45) is 0 Å². The SMILES string of the molecule is CCCCCCCCCCCCCCCC[N+](C)(C)Cc1cccc(C(=O)CCCCCCCCCCC)c1.O=C(O)c1ccccc1[O-]. The second-order valence-electron chi connectivity index (χ2n) is 14.9. The lowest BCUT2D eigenvalue weighted by Gasteiger charge is -2.30. The highest BCUT2D eigenvalue weighted by atomic mass is 16.4. The molecule has 0 unspecified atom stereocenters. The molecule has 0 radical (unpaired) electrons. The summed E-state index contributed by atoms with van der Waals surface area (Å²) in [6, 6.07) is 14.0. The van der Waals surface area contributed by atoms with Crippen molar-refractivity contribution in [3.63, 3.8) is 0 Å². The minimum Gasteiger partial charge on any atom is -0.872 e. The molecule has 5 heteroatoms. The van der Waals surface area contributed by atoms with Crippen molar-refractivity contribution in [1.82, 2.24) is 0 Å². The first-order valence-corrected chi connectivity index (χ1v) is 20.1. The molecule has 0 aliphatic carbocycles. The first kappa shape index (κ1) is 44.4. The lowest BCUT2D eigenvalue weighted by Crippen LogP contribution is -2.39. The van der Waals surface area contributed by atoms with Gasteiger partial charge in [0.25, 0.3) is 0 Å². The number of carboxylic acid groups (broad SMARTS) is 1. The average Bonchev–Trinajstić information content (AvgIpc) is 3.08. The summed E-state index contributed by atoms with van der Waals surface area (Å²) < 4.78 is 1.01. The van der Waals surface area contributed by atoms with Crippen LogP contribution in [-0.4, -0.2) is 42.0 Å². The zero-order chi connectivity index (χ0) is 36.0. The highest BCUT2D eigenvalue weighted by Gasteiger charge is 2.16. The highest BCUT2D eigenvalue weighted by molar-refractivity contribution is 5.96. The Morgan fingerprint density at radius 2 is 1.04 bits per heavy atom. The monoisotopic (exact) mass is 680 g/mol. The second kappa shape index (κ2) is 29.1. The predicted molar refractivity (Wildman–Crippen MR) is 206 cm³/mol. The smallest absolute Gasteiger partial charge is 0.335 e. The van der Waals surface area contributed by atoms with E-state index in [0.29, 0.717) is 12.2 Å². The molecule has 2 aromatic carbocycles. The Morgan fingerprint density at radius 3 is 1.49 bits per heavy atom. The topological polar surface area (TPSA) is 77.4 Å². The Bertz CT molecular complexity index is 1110. The van der Waals surface area contributed by atoms with Gasteiger partial charge in [0, 0.05) is 17.5 Å². The number of quaternary nitrogens is 1. The van der Waals surface area contributed by atoms with Crippen LogP contribution in [0.2, 0.25) is 0 Å². The van der Waals surface area contributed by atoms with E-state index in [0.717, 1.165) is 23.0 Å². The number of hydrogen-bond acceptors (Lipinski definition) is 3. The van der Waals surface area contributed by atoms with E-state index in [4.69, 9.17) is 5.11 Å². The number of benzene rings is 2. The van der Waals surface area contributed by atoms with Crippen LogP contribution in [0.15, 0.2) is 48.5 Å². The number of para-hydroxylation sites is 1. The molecule has 0 saturated carbocycles. The van der Waals surface area contributed by atoms with Crippen LogP contribution >= 0.6 is 0 Å². The maximum atomic E-state index is 12.8. The molecule has 0 fully saturated rings. The first-order chi connectivity index (χ1) is 23.7. The van der Waals surface area contributed by atoms with Gasteiger partial charge in [-0.25, -0.2) is 4.79 Å². The van der Waals surface area contributed by atoms with Crippen molar-refractivity contribution in [2.75, 3.05) is 20.6 Å². The maximum absolute atomic E-state index is 12.8. The third kappa shape index (κ3) is 24.2. The lowest BCUT2D eigenvalue weighted by molar-refractivity contribution is -0.903. The average molecular weight is 680 g/mol. The summed E-state index contributed by atoms with van der Waals surface area (Å²) in [5.74, 6) is -1.29. The Balaban J connectivity index is 0.00000102. The number of Topliss-reactive ketones (excluding diaryl/α,β-unsaturated/α-hetero) is 1. The lowest BCUT2D eigenvalue weighted by atomic mass is 10.0. The standard InChI is InChI=1S/C37H68NO.C7H6O3/c1-5-7-9-11-13-15-16-17-18-19-21-23-25-27-32-38(3,4)34-35-29-28-30-36(33-35)37(39)31-26-24-22-20-14-12-10-8-6-2;8-6-4-2-1-3-5(6)7(9)10/h28-30,33H,5-27,31-32,34H2,1-4H3;1-4,8H,(H,9,10)/q+1;/p-1. The van der Waals surface area contributed by atoms with Crippen LogP contribution in [-0.2, 0) is 6.54 Å². The molecule has 0 spiro atoms. The number of carbonyl (C=O) groups is 2. The molecule has 0 saturated heterocycles. The van der Waals surface area contributed by atoms with E-state index in [2.05, 4.69) is 46.1 Å². The van der Waals surface area contributed by atoms with E-state index < -0.39 is 11.7 Å². The van der Waals surface area contributed by atoms with Crippen LogP contribution in [0.3, 0.4) is 0 Å². The summed E-state index contributed by atoms with van der Waals surface area (Å²) in [4.78, 5) is 23.0. The van der Waals surface area contributed by atoms with Crippen LogP contribution in [0.4, 0.5) is 0 Å². The zero-order valence-corrected chi connectivity index (χ0v) is 32.1.